The summed E-state index contributed by atoms with van der Waals surface area (Å²) in [6.07, 6.45) is 12.3. The van der Waals surface area contributed by atoms with Gasteiger partial charge >= 0.3 is 0 Å². The highest BCUT2D eigenvalue weighted by Crippen LogP contribution is 2.27. The number of para-hydroxylation sites is 1. The van der Waals surface area contributed by atoms with Crippen LogP contribution in [0.15, 0.2) is 24.4 Å². The van der Waals surface area contributed by atoms with Gasteiger partial charge in [0.2, 0.25) is 0 Å². The molecular weight excluding hydrogens is 246 g/mol. The smallest absolute Gasteiger partial charge is 0.0695 e. The first-order valence-electron chi connectivity index (χ1n) is 7.44. The van der Waals surface area contributed by atoms with Crippen LogP contribution in [-0.2, 0) is 6.54 Å². The number of nitrogens with zero attached hydrogens (tertiary/aromatic N) is 1. The van der Waals surface area contributed by atoms with Crippen molar-refractivity contribution in [3.8, 4) is 12.3 Å². The Morgan fingerprint density at radius 2 is 2.15 bits per heavy atom. The molecule has 1 aromatic carbocycles. The first-order valence-corrected chi connectivity index (χ1v) is 7.44. The molecule has 20 heavy (non-hydrogen) atoms. The van der Waals surface area contributed by atoms with Crippen LogP contribution >= 0.6 is 0 Å². The van der Waals surface area contributed by atoms with Crippen molar-refractivity contribution in [1.82, 2.24) is 15.5 Å². The van der Waals surface area contributed by atoms with E-state index in [9.17, 15) is 0 Å². The molecule has 0 spiro atoms. The molecule has 0 saturated heterocycles. The Morgan fingerprint density at radius 1 is 1.30 bits per heavy atom. The Balaban J connectivity index is 1.51. The number of benzene rings is 1. The fourth-order valence-corrected chi connectivity index (χ4v) is 3.12. The number of aromatic nitrogens is 2. The molecule has 3 rings (SSSR count). The average molecular weight is 267 g/mol. The normalized spacial score (nSPS) is 22.8. The van der Waals surface area contributed by atoms with Crippen LogP contribution in [0.25, 0.3) is 10.9 Å². The van der Waals surface area contributed by atoms with E-state index < -0.39 is 0 Å². The molecular formula is C17H21N3. The third-order valence-corrected chi connectivity index (χ3v) is 4.39. The molecule has 0 aliphatic heterocycles. The summed E-state index contributed by atoms with van der Waals surface area (Å²) in [5, 5.41) is 12.0. The van der Waals surface area contributed by atoms with Gasteiger partial charge in [-0.3, -0.25) is 5.10 Å². The minimum atomic E-state index is 0.519. The third kappa shape index (κ3) is 2.86. The van der Waals surface area contributed by atoms with Gasteiger partial charge < -0.3 is 5.32 Å². The Morgan fingerprint density at radius 3 is 2.95 bits per heavy atom. The first-order chi connectivity index (χ1) is 9.86. The maximum Gasteiger partial charge on any atom is 0.0695 e. The Labute approximate surface area is 120 Å². The van der Waals surface area contributed by atoms with E-state index in [0.29, 0.717) is 5.92 Å². The third-order valence-electron chi connectivity index (χ3n) is 4.39. The van der Waals surface area contributed by atoms with Gasteiger partial charge in [0, 0.05) is 17.8 Å². The number of hydrogen-bond donors (Lipinski definition) is 2. The van der Waals surface area contributed by atoms with Gasteiger partial charge in [0.25, 0.3) is 0 Å². The first kappa shape index (κ1) is 13.2. The number of aromatic amines is 1. The highest BCUT2D eigenvalue weighted by molar-refractivity contribution is 5.81. The fraction of sp³-hybridized carbons (Fsp3) is 0.471. The molecule has 1 fully saturated rings. The molecule has 0 unspecified atom stereocenters. The molecule has 104 valence electrons. The van der Waals surface area contributed by atoms with Gasteiger partial charge in [0.05, 0.1) is 11.7 Å². The molecule has 1 aliphatic rings. The van der Waals surface area contributed by atoms with Crippen LogP contribution in [0.3, 0.4) is 0 Å². The Bertz CT molecular complexity index is 600. The highest BCUT2D eigenvalue weighted by Gasteiger charge is 2.19. The fourth-order valence-electron chi connectivity index (χ4n) is 3.12. The van der Waals surface area contributed by atoms with Gasteiger partial charge in [-0.15, -0.1) is 12.3 Å². The summed E-state index contributed by atoms with van der Waals surface area (Å²) in [5.74, 6) is 4.19. The largest absolute Gasteiger partial charge is 0.312 e. The maximum absolute atomic E-state index is 5.49. The SMILES string of the molecule is C#CC1CCC(CNCc2cccc3cn[nH]c23)CC1. The standard InChI is InChI=1S/C17H21N3/c1-2-13-6-8-14(9-7-13)10-18-11-15-4-3-5-16-12-19-20-17(15)16/h1,3-5,12-14,18H,6-11H2,(H,19,20). The van der Waals surface area contributed by atoms with Crippen molar-refractivity contribution in [1.29, 1.82) is 0 Å². The minimum absolute atomic E-state index is 0.519. The van der Waals surface area contributed by atoms with Crippen molar-refractivity contribution in [2.24, 2.45) is 11.8 Å². The Hall–Kier alpha value is -1.79. The minimum Gasteiger partial charge on any atom is -0.312 e. The molecule has 3 nitrogen and oxygen atoms in total. The summed E-state index contributed by atoms with van der Waals surface area (Å²) < 4.78 is 0. The van der Waals surface area contributed by atoms with Crippen LogP contribution in [-0.4, -0.2) is 16.7 Å². The van der Waals surface area contributed by atoms with Crippen LogP contribution in [0.1, 0.15) is 31.2 Å². The van der Waals surface area contributed by atoms with Crippen LogP contribution < -0.4 is 5.32 Å². The molecule has 0 amide bonds. The van der Waals surface area contributed by atoms with Crippen LogP contribution in [0, 0.1) is 24.2 Å². The summed E-state index contributed by atoms with van der Waals surface area (Å²) in [5.41, 5.74) is 2.44. The molecule has 0 radical (unpaired) electrons. The van der Waals surface area contributed by atoms with E-state index in [1.165, 1.54) is 36.6 Å². The van der Waals surface area contributed by atoms with Crippen molar-refractivity contribution in [3.05, 3.63) is 30.0 Å². The number of H-pyrrole nitrogens is 1. The zero-order chi connectivity index (χ0) is 13.8. The lowest BCUT2D eigenvalue weighted by Crippen LogP contribution is -2.26. The van der Waals surface area contributed by atoms with E-state index in [1.54, 1.807) is 0 Å². The molecule has 1 aromatic heterocycles. The molecule has 2 N–H and O–H groups in total. The van der Waals surface area contributed by atoms with Crippen LogP contribution in [0.2, 0.25) is 0 Å². The second-order valence-electron chi connectivity index (χ2n) is 5.77. The monoisotopic (exact) mass is 267 g/mol. The summed E-state index contributed by atoms with van der Waals surface area (Å²) >= 11 is 0. The van der Waals surface area contributed by atoms with Crippen molar-refractivity contribution in [3.63, 3.8) is 0 Å². The van der Waals surface area contributed by atoms with Crippen molar-refractivity contribution in [2.75, 3.05) is 6.54 Å². The molecule has 1 aliphatic carbocycles. The number of nitrogens with one attached hydrogen (secondary N) is 2. The predicted molar refractivity (Wildman–Crippen MR) is 82.1 cm³/mol. The zero-order valence-electron chi connectivity index (χ0n) is 11.7. The topological polar surface area (TPSA) is 40.7 Å². The molecule has 3 heteroatoms. The summed E-state index contributed by atoms with van der Waals surface area (Å²) in [4.78, 5) is 0. The molecule has 2 aromatic rings. The number of hydrogen-bond acceptors (Lipinski definition) is 2. The Kier molecular flexibility index (Phi) is 4.03. The molecule has 1 heterocycles. The second-order valence-corrected chi connectivity index (χ2v) is 5.77. The maximum atomic E-state index is 5.49. The van der Waals surface area contributed by atoms with Crippen LogP contribution in [0.5, 0.6) is 0 Å². The lowest BCUT2D eigenvalue weighted by atomic mass is 9.82. The molecule has 1 saturated carbocycles. The van der Waals surface area contributed by atoms with E-state index in [4.69, 9.17) is 6.42 Å². The van der Waals surface area contributed by atoms with Gasteiger partial charge in [-0.2, -0.15) is 5.10 Å². The average Bonchev–Trinajstić information content (AvgIpc) is 2.97. The number of fused-ring (bicyclic) bond motifs is 1. The summed E-state index contributed by atoms with van der Waals surface area (Å²) in [6, 6.07) is 6.33. The highest BCUT2D eigenvalue weighted by atomic mass is 15.1. The van der Waals surface area contributed by atoms with Crippen molar-refractivity contribution >= 4 is 10.9 Å². The lowest BCUT2D eigenvalue weighted by Gasteiger charge is -2.25. The van der Waals surface area contributed by atoms with Crippen molar-refractivity contribution < 1.29 is 0 Å². The van der Waals surface area contributed by atoms with Gasteiger partial charge in [-0.25, -0.2) is 0 Å². The summed E-state index contributed by atoms with van der Waals surface area (Å²) in [7, 11) is 0. The van der Waals surface area contributed by atoms with E-state index in [1.807, 2.05) is 6.20 Å². The quantitative estimate of drug-likeness (QED) is 0.836. The van der Waals surface area contributed by atoms with Crippen molar-refractivity contribution in [2.45, 2.75) is 32.2 Å². The van der Waals surface area contributed by atoms with Crippen LogP contribution in [0.4, 0.5) is 0 Å². The zero-order valence-corrected chi connectivity index (χ0v) is 11.7. The number of terminal acetylenes is 1. The van der Waals surface area contributed by atoms with Gasteiger partial charge in [0.1, 0.15) is 0 Å². The predicted octanol–water partition coefficient (Wildman–Crippen LogP) is 3.09. The number of rotatable bonds is 4. The van der Waals surface area contributed by atoms with Gasteiger partial charge in [-0.1, -0.05) is 18.2 Å². The molecule has 0 atom stereocenters. The summed E-state index contributed by atoms with van der Waals surface area (Å²) in [6.45, 7) is 1.98. The second kappa shape index (κ2) is 6.11. The van der Waals surface area contributed by atoms with E-state index >= 15 is 0 Å². The van der Waals surface area contributed by atoms with E-state index in [-0.39, 0.29) is 0 Å². The lowest BCUT2D eigenvalue weighted by molar-refractivity contribution is 0.305. The van der Waals surface area contributed by atoms with Gasteiger partial charge in [0.15, 0.2) is 0 Å². The van der Waals surface area contributed by atoms with E-state index in [2.05, 4.69) is 39.6 Å². The van der Waals surface area contributed by atoms with E-state index in [0.717, 1.165) is 24.5 Å². The molecule has 0 bridgehead atoms. The van der Waals surface area contributed by atoms with Gasteiger partial charge in [-0.05, 0) is 43.7 Å².